The van der Waals surface area contributed by atoms with Gasteiger partial charge in [0.15, 0.2) is 0 Å². The maximum Gasteiger partial charge on any atom is 0.321 e. The Kier molecular flexibility index (Phi) is 5.11. The molecule has 0 bridgehead atoms. The highest BCUT2D eigenvalue weighted by Gasteiger charge is 2.25. The maximum absolute atomic E-state index is 10.9. The molecular weight excluding hydrogens is 242 g/mol. The van der Waals surface area contributed by atoms with Crippen molar-refractivity contribution in [2.45, 2.75) is 18.9 Å². The summed E-state index contributed by atoms with van der Waals surface area (Å²) in [6.07, 6.45) is 0.355. The molecule has 0 aliphatic heterocycles. The molecule has 17 heavy (non-hydrogen) atoms. The number of carboxylic acids is 2. The first-order valence-electron chi connectivity index (χ1n) is 5.18. The van der Waals surface area contributed by atoms with Crippen LogP contribution in [0, 0.1) is 0 Å². The van der Waals surface area contributed by atoms with Crippen LogP contribution in [0.4, 0.5) is 0 Å². The third kappa shape index (κ3) is 4.54. The fourth-order valence-corrected chi connectivity index (χ4v) is 2.19. The summed E-state index contributed by atoms with van der Waals surface area (Å²) in [5.74, 6) is -2.19. The third-order valence-corrected chi connectivity index (χ3v) is 3.41. The number of thiophene rings is 1. The summed E-state index contributed by atoms with van der Waals surface area (Å²) in [6.45, 7) is 0.532. The first-order chi connectivity index (χ1) is 8.00. The fraction of sp³-hybridized carbons (Fsp3) is 0.455. The van der Waals surface area contributed by atoms with E-state index < -0.39 is 18.0 Å². The molecule has 1 aromatic heterocycles. The van der Waals surface area contributed by atoms with Crippen LogP contribution in [0.25, 0.3) is 0 Å². The summed E-state index contributed by atoms with van der Waals surface area (Å²) in [6, 6.07) is 2.95. The number of likely N-dealkylation sites (N-methyl/N-ethyl adjacent to an activating group) is 1. The molecule has 0 aliphatic carbocycles. The Morgan fingerprint density at radius 2 is 2.18 bits per heavy atom. The van der Waals surface area contributed by atoms with E-state index in [-0.39, 0.29) is 6.42 Å². The first kappa shape index (κ1) is 13.7. The van der Waals surface area contributed by atoms with Crippen LogP contribution in [0.5, 0.6) is 0 Å². The topological polar surface area (TPSA) is 77.8 Å². The average Bonchev–Trinajstić information content (AvgIpc) is 2.74. The van der Waals surface area contributed by atoms with Crippen molar-refractivity contribution in [2.24, 2.45) is 0 Å². The first-order valence-corrected chi connectivity index (χ1v) is 6.06. The van der Waals surface area contributed by atoms with Crippen LogP contribution in [0.1, 0.15) is 11.3 Å². The van der Waals surface area contributed by atoms with Crippen molar-refractivity contribution in [1.29, 1.82) is 0 Å². The van der Waals surface area contributed by atoms with Crippen LogP contribution in [-0.4, -0.2) is 46.7 Å². The van der Waals surface area contributed by atoms with Crippen molar-refractivity contribution in [3.05, 3.63) is 22.4 Å². The summed E-state index contributed by atoms with van der Waals surface area (Å²) in [5.41, 5.74) is 0. The minimum Gasteiger partial charge on any atom is -0.481 e. The second-order valence-electron chi connectivity index (χ2n) is 3.76. The predicted octanol–water partition coefficient (Wildman–Crippen LogP) is 1.15. The number of aliphatic carboxylic acids is 2. The zero-order valence-corrected chi connectivity index (χ0v) is 10.3. The summed E-state index contributed by atoms with van der Waals surface area (Å²) in [5, 5.41) is 19.6. The molecule has 0 amide bonds. The van der Waals surface area contributed by atoms with E-state index in [1.807, 2.05) is 17.5 Å². The normalized spacial score (nSPS) is 12.6. The highest BCUT2D eigenvalue weighted by atomic mass is 32.1. The van der Waals surface area contributed by atoms with Gasteiger partial charge in [-0.1, -0.05) is 6.07 Å². The molecule has 1 unspecified atom stereocenters. The van der Waals surface area contributed by atoms with Crippen molar-refractivity contribution < 1.29 is 19.8 Å². The Balaban J connectivity index is 2.50. The lowest BCUT2D eigenvalue weighted by Gasteiger charge is -2.22. The van der Waals surface area contributed by atoms with Crippen molar-refractivity contribution in [2.75, 3.05) is 13.6 Å². The highest BCUT2D eigenvalue weighted by Crippen LogP contribution is 2.11. The highest BCUT2D eigenvalue weighted by molar-refractivity contribution is 7.09. The fourth-order valence-electron chi connectivity index (χ4n) is 1.49. The van der Waals surface area contributed by atoms with Crippen LogP contribution < -0.4 is 0 Å². The molecule has 1 atom stereocenters. The lowest BCUT2D eigenvalue weighted by atomic mass is 10.1. The molecular formula is C11H15NO4S. The van der Waals surface area contributed by atoms with Gasteiger partial charge in [-0.15, -0.1) is 11.3 Å². The summed E-state index contributed by atoms with van der Waals surface area (Å²) in [4.78, 5) is 24.2. The van der Waals surface area contributed by atoms with E-state index in [4.69, 9.17) is 10.2 Å². The van der Waals surface area contributed by atoms with Crippen LogP contribution in [0.3, 0.4) is 0 Å². The molecule has 0 saturated heterocycles. The molecule has 0 aromatic carbocycles. The zero-order chi connectivity index (χ0) is 12.8. The molecule has 5 nitrogen and oxygen atoms in total. The minimum atomic E-state index is -1.10. The molecule has 0 fully saturated rings. The lowest BCUT2D eigenvalue weighted by molar-refractivity contribution is -0.149. The Morgan fingerprint density at radius 1 is 1.47 bits per heavy atom. The van der Waals surface area contributed by atoms with Gasteiger partial charge in [0.2, 0.25) is 0 Å². The van der Waals surface area contributed by atoms with Crippen molar-refractivity contribution in [3.63, 3.8) is 0 Å². The quantitative estimate of drug-likeness (QED) is 0.766. The standard InChI is InChI=1S/C11H15NO4S/c1-12(5-4-8-3-2-6-17-8)9(11(15)16)7-10(13)14/h2-3,6,9H,4-5,7H2,1H3,(H,13,14)(H,15,16). The Morgan fingerprint density at radius 3 is 2.65 bits per heavy atom. The molecule has 0 aliphatic rings. The van der Waals surface area contributed by atoms with E-state index in [2.05, 4.69) is 0 Å². The van der Waals surface area contributed by atoms with Gasteiger partial charge >= 0.3 is 11.9 Å². The number of carboxylic acid groups (broad SMARTS) is 2. The van der Waals surface area contributed by atoms with Crippen molar-refractivity contribution in [1.82, 2.24) is 4.90 Å². The number of hydrogen-bond donors (Lipinski definition) is 2. The maximum atomic E-state index is 10.9. The number of carbonyl (C=O) groups is 2. The lowest BCUT2D eigenvalue weighted by Crippen LogP contribution is -2.41. The smallest absolute Gasteiger partial charge is 0.321 e. The Hall–Kier alpha value is -1.40. The zero-order valence-electron chi connectivity index (χ0n) is 9.50. The van der Waals surface area contributed by atoms with Crippen LogP contribution in [0.15, 0.2) is 17.5 Å². The monoisotopic (exact) mass is 257 g/mol. The molecule has 94 valence electrons. The van der Waals surface area contributed by atoms with Gasteiger partial charge < -0.3 is 10.2 Å². The van der Waals surface area contributed by atoms with Gasteiger partial charge in [-0.3, -0.25) is 14.5 Å². The van der Waals surface area contributed by atoms with E-state index >= 15 is 0 Å². The molecule has 6 heteroatoms. The van der Waals surface area contributed by atoms with E-state index in [0.717, 1.165) is 11.3 Å². The summed E-state index contributed by atoms with van der Waals surface area (Å²) >= 11 is 1.61. The largest absolute Gasteiger partial charge is 0.481 e. The van der Waals surface area contributed by atoms with Crippen LogP contribution in [0.2, 0.25) is 0 Å². The molecule has 0 radical (unpaired) electrons. The minimum absolute atomic E-state index is 0.379. The molecule has 1 rings (SSSR count). The summed E-state index contributed by atoms with van der Waals surface area (Å²) in [7, 11) is 1.63. The van der Waals surface area contributed by atoms with Gasteiger partial charge in [-0.25, -0.2) is 0 Å². The molecule has 1 aromatic rings. The molecule has 0 spiro atoms. The molecule has 2 N–H and O–H groups in total. The number of rotatable bonds is 7. The van der Waals surface area contributed by atoms with Gasteiger partial charge in [0, 0.05) is 11.4 Å². The van der Waals surface area contributed by atoms with Crippen LogP contribution >= 0.6 is 11.3 Å². The predicted molar refractivity (Wildman–Crippen MR) is 64.3 cm³/mol. The number of nitrogens with zero attached hydrogens (tertiary/aromatic N) is 1. The van der Waals surface area contributed by atoms with Gasteiger partial charge in [0.1, 0.15) is 6.04 Å². The molecule has 1 heterocycles. The summed E-state index contributed by atoms with van der Waals surface area (Å²) < 4.78 is 0. The average molecular weight is 257 g/mol. The van der Waals surface area contributed by atoms with Crippen molar-refractivity contribution >= 4 is 23.3 Å². The van der Waals surface area contributed by atoms with E-state index in [1.54, 1.807) is 23.3 Å². The van der Waals surface area contributed by atoms with E-state index in [9.17, 15) is 9.59 Å². The Labute approximate surface area is 103 Å². The molecule has 0 saturated carbocycles. The van der Waals surface area contributed by atoms with Gasteiger partial charge in [-0.05, 0) is 24.9 Å². The van der Waals surface area contributed by atoms with E-state index in [1.165, 1.54) is 0 Å². The number of hydrogen-bond acceptors (Lipinski definition) is 4. The van der Waals surface area contributed by atoms with Gasteiger partial charge in [-0.2, -0.15) is 0 Å². The van der Waals surface area contributed by atoms with Crippen molar-refractivity contribution in [3.8, 4) is 0 Å². The van der Waals surface area contributed by atoms with Crippen LogP contribution in [-0.2, 0) is 16.0 Å². The Bertz CT molecular complexity index is 377. The second kappa shape index (κ2) is 6.36. The van der Waals surface area contributed by atoms with Gasteiger partial charge in [0.25, 0.3) is 0 Å². The van der Waals surface area contributed by atoms with E-state index in [0.29, 0.717) is 6.54 Å². The SMILES string of the molecule is CN(CCc1cccs1)C(CC(=O)O)C(=O)O. The second-order valence-corrected chi connectivity index (χ2v) is 4.79. The van der Waals surface area contributed by atoms with Gasteiger partial charge in [0.05, 0.1) is 6.42 Å². The third-order valence-electron chi connectivity index (χ3n) is 2.48.